The first kappa shape index (κ1) is 32.7. The molecule has 0 saturated carbocycles. The van der Waals surface area contributed by atoms with Gasteiger partial charge in [-0.15, -0.1) is 0 Å². The molecule has 0 aliphatic carbocycles. The quantitative estimate of drug-likeness (QED) is 0.0616. The van der Waals surface area contributed by atoms with E-state index < -0.39 is 40.7 Å². The summed E-state index contributed by atoms with van der Waals surface area (Å²) in [6, 6.07) is 21.9. The minimum atomic E-state index is -4.19. The van der Waals surface area contributed by atoms with Crippen molar-refractivity contribution in [1.82, 2.24) is 0 Å². The van der Waals surface area contributed by atoms with E-state index in [0.717, 1.165) is 61.2 Å². The summed E-state index contributed by atoms with van der Waals surface area (Å²) >= 11 is 4.40. The lowest BCUT2D eigenvalue weighted by molar-refractivity contribution is -0.187. The monoisotopic (exact) mass is 647 g/mol. The van der Waals surface area contributed by atoms with Gasteiger partial charge in [0.2, 0.25) is 0 Å². The van der Waals surface area contributed by atoms with Crippen molar-refractivity contribution in [3.63, 3.8) is 0 Å². The summed E-state index contributed by atoms with van der Waals surface area (Å²) in [6.07, 6.45) is 0.234. The zero-order valence-corrected chi connectivity index (χ0v) is 25.4. The molecule has 5 aromatic carbocycles. The van der Waals surface area contributed by atoms with Crippen molar-refractivity contribution in [3.8, 4) is 39.1 Å². The topological polar surface area (TPSA) is 21.6 Å². The summed E-state index contributed by atoms with van der Waals surface area (Å²) in [5.74, 6) is -4.28. The number of isothiocyanates is 1. The van der Waals surface area contributed by atoms with E-state index in [1.807, 2.05) is 29.4 Å². The maximum atomic E-state index is 15.3. The molecular weight excluding hydrogens is 620 g/mol. The summed E-state index contributed by atoms with van der Waals surface area (Å²) in [7, 11) is 0. The van der Waals surface area contributed by atoms with Gasteiger partial charge in [-0.3, -0.25) is 0 Å². The molecule has 46 heavy (non-hydrogen) atoms. The molecule has 0 atom stereocenters. The van der Waals surface area contributed by atoms with E-state index in [2.05, 4.69) is 28.9 Å². The van der Waals surface area contributed by atoms with Crippen LogP contribution in [-0.4, -0.2) is 5.16 Å². The molecule has 0 heterocycles. The third-order valence-corrected chi connectivity index (χ3v) is 7.62. The highest BCUT2D eigenvalue weighted by molar-refractivity contribution is 7.78. The molecule has 234 valence electrons. The van der Waals surface area contributed by atoms with Crippen LogP contribution >= 0.6 is 12.2 Å². The van der Waals surface area contributed by atoms with Crippen molar-refractivity contribution in [2.45, 2.75) is 38.7 Å². The Kier molecular flexibility index (Phi) is 10.0. The zero-order valence-electron chi connectivity index (χ0n) is 24.6. The number of unbranched alkanes of at least 4 members (excludes halogenated alkanes) is 2. The Balaban J connectivity index is 1.33. The van der Waals surface area contributed by atoms with Crippen LogP contribution in [0.5, 0.6) is 5.75 Å². The van der Waals surface area contributed by atoms with Gasteiger partial charge in [-0.1, -0.05) is 74.4 Å². The van der Waals surface area contributed by atoms with Crippen LogP contribution in [0.15, 0.2) is 102 Å². The van der Waals surface area contributed by atoms with Crippen molar-refractivity contribution >= 4 is 23.1 Å². The third kappa shape index (κ3) is 7.39. The molecule has 0 radical (unpaired) electrons. The molecule has 0 unspecified atom stereocenters. The Morgan fingerprint density at radius 1 is 0.652 bits per heavy atom. The van der Waals surface area contributed by atoms with Crippen LogP contribution in [0.2, 0.25) is 0 Å². The molecular formula is C37H27F6NOS. The summed E-state index contributed by atoms with van der Waals surface area (Å²) in [5.41, 5.74) is 1.71. The zero-order chi connectivity index (χ0) is 32.8. The van der Waals surface area contributed by atoms with E-state index in [0.29, 0.717) is 11.6 Å². The predicted molar refractivity (Wildman–Crippen MR) is 171 cm³/mol. The third-order valence-electron chi connectivity index (χ3n) is 7.53. The minimum Gasteiger partial charge on any atom is -0.429 e. The maximum Gasteiger partial charge on any atom is 0.429 e. The number of alkyl halides is 2. The molecule has 5 rings (SSSR count). The molecule has 2 nitrogen and oxygen atoms in total. The summed E-state index contributed by atoms with van der Waals surface area (Å²) in [5, 5.41) is 1.96. The van der Waals surface area contributed by atoms with Gasteiger partial charge in [0.1, 0.15) is 28.9 Å². The smallest absolute Gasteiger partial charge is 0.429 e. The molecule has 0 fully saturated rings. The van der Waals surface area contributed by atoms with Crippen molar-refractivity contribution in [1.29, 1.82) is 0 Å². The number of aliphatic imine (C=N–C) groups is 1. The molecule has 5 aromatic rings. The Hall–Kier alpha value is -4.72. The predicted octanol–water partition coefficient (Wildman–Crippen LogP) is 11.8. The highest BCUT2D eigenvalue weighted by Gasteiger charge is 2.38. The number of benzene rings is 5. The van der Waals surface area contributed by atoms with E-state index in [9.17, 15) is 17.6 Å². The lowest BCUT2D eigenvalue weighted by atomic mass is 9.96. The molecule has 0 saturated heterocycles. The van der Waals surface area contributed by atoms with Crippen LogP contribution in [-0.2, 0) is 12.5 Å². The Labute approximate surface area is 268 Å². The average molecular weight is 648 g/mol. The van der Waals surface area contributed by atoms with Crippen molar-refractivity contribution in [2.24, 2.45) is 4.99 Å². The van der Waals surface area contributed by atoms with Crippen LogP contribution in [0.3, 0.4) is 0 Å². The molecule has 0 aliphatic heterocycles. The SMILES string of the molecule is CCCCCc1ccc(-c2ccc(-c3ccc(-c4ccc(C(F)(F)Oc5ccc(N=C=S)c(F)c5)c(F)c4)c(F)c3)c(F)c2)cc1. The highest BCUT2D eigenvalue weighted by Crippen LogP contribution is 2.37. The fraction of sp³-hybridized carbons (Fsp3) is 0.162. The van der Waals surface area contributed by atoms with Gasteiger partial charge >= 0.3 is 6.11 Å². The second-order valence-electron chi connectivity index (χ2n) is 10.7. The van der Waals surface area contributed by atoms with Gasteiger partial charge in [-0.2, -0.15) is 13.8 Å². The molecule has 0 N–H and O–H groups in total. The number of aryl methyl sites for hydroxylation is 1. The lowest BCUT2D eigenvalue weighted by Gasteiger charge is -2.19. The Morgan fingerprint density at radius 3 is 1.83 bits per heavy atom. The minimum absolute atomic E-state index is 0.0246. The normalized spacial score (nSPS) is 11.3. The van der Waals surface area contributed by atoms with Gasteiger partial charge in [0, 0.05) is 17.2 Å². The van der Waals surface area contributed by atoms with Crippen LogP contribution < -0.4 is 4.74 Å². The number of hydrogen-bond donors (Lipinski definition) is 0. The van der Waals surface area contributed by atoms with Crippen LogP contribution in [0.4, 0.5) is 32.0 Å². The number of ether oxygens (including phenoxy) is 1. The standard InChI is InChI=1S/C37H27F6NOS/c1-2-3-4-5-23-6-8-24(9-7-23)25-10-14-29(32(38)18-25)26-11-15-30(33(39)19-26)27-12-16-31(34(40)20-27)37(42,43)45-28-13-17-36(44-22-46)35(41)21-28/h6-21H,2-5H2,1H3. The van der Waals surface area contributed by atoms with Crippen LogP contribution in [0.25, 0.3) is 33.4 Å². The summed E-state index contributed by atoms with van der Waals surface area (Å²) in [6.45, 7) is 2.16. The molecule has 0 aliphatic rings. The van der Waals surface area contributed by atoms with Crippen LogP contribution in [0, 0.1) is 23.3 Å². The molecule has 0 amide bonds. The second kappa shape index (κ2) is 14.1. The number of thiocarbonyl (C=S) groups is 1. The van der Waals surface area contributed by atoms with Gasteiger partial charge in [-0.05, 0) is 89.3 Å². The fourth-order valence-electron chi connectivity index (χ4n) is 5.10. The first-order valence-electron chi connectivity index (χ1n) is 14.5. The summed E-state index contributed by atoms with van der Waals surface area (Å²) in [4.78, 5) is 3.45. The van der Waals surface area contributed by atoms with Crippen LogP contribution in [0.1, 0.15) is 37.3 Å². The molecule has 0 aromatic heterocycles. The first-order valence-corrected chi connectivity index (χ1v) is 14.9. The van der Waals surface area contributed by atoms with Crippen molar-refractivity contribution in [3.05, 3.63) is 131 Å². The van der Waals surface area contributed by atoms with E-state index in [1.165, 1.54) is 30.2 Å². The maximum absolute atomic E-state index is 15.3. The van der Waals surface area contributed by atoms with E-state index in [4.69, 9.17) is 0 Å². The molecule has 0 bridgehead atoms. The van der Waals surface area contributed by atoms with Crippen molar-refractivity contribution < 1.29 is 31.1 Å². The Morgan fingerprint density at radius 2 is 1.24 bits per heavy atom. The Bertz CT molecular complexity index is 1920. The fourth-order valence-corrected chi connectivity index (χ4v) is 5.20. The van der Waals surface area contributed by atoms with E-state index in [-0.39, 0.29) is 27.9 Å². The first-order chi connectivity index (χ1) is 22.1. The lowest BCUT2D eigenvalue weighted by Crippen LogP contribution is -2.23. The van der Waals surface area contributed by atoms with Gasteiger partial charge in [0.25, 0.3) is 0 Å². The highest BCUT2D eigenvalue weighted by atomic mass is 32.1. The number of nitrogens with zero attached hydrogens (tertiary/aromatic N) is 1. The van der Waals surface area contributed by atoms with E-state index in [1.54, 1.807) is 12.1 Å². The number of hydrogen-bond acceptors (Lipinski definition) is 3. The number of halogens is 6. The largest absolute Gasteiger partial charge is 0.429 e. The molecule has 9 heteroatoms. The molecule has 0 spiro atoms. The summed E-state index contributed by atoms with van der Waals surface area (Å²) < 4.78 is 93.7. The van der Waals surface area contributed by atoms with Crippen molar-refractivity contribution in [2.75, 3.05) is 0 Å². The average Bonchev–Trinajstić information content (AvgIpc) is 3.02. The van der Waals surface area contributed by atoms with E-state index >= 15 is 8.78 Å². The van der Waals surface area contributed by atoms with Gasteiger partial charge in [-0.25, -0.2) is 17.6 Å². The second-order valence-corrected chi connectivity index (χ2v) is 10.9. The van der Waals surface area contributed by atoms with Gasteiger partial charge in [0.15, 0.2) is 5.82 Å². The van der Waals surface area contributed by atoms with Gasteiger partial charge in [0.05, 0.1) is 10.7 Å². The van der Waals surface area contributed by atoms with Gasteiger partial charge < -0.3 is 4.74 Å². The number of rotatable bonds is 11.